The van der Waals surface area contributed by atoms with Gasteiger partial charge in [0.15, 0.2) is 0 Å². The number of aromatic nitrogens is 2. The Hall–Kier alpha value is -0.670. The molecule has 0 atom stereocenters. The molecule has 4 heteroatoms. The molecule has 1 saturated heterocycles. The molecular formula is C9H12ClN3. The fourth-order valence-corrected chi connectivity index (χ4v) is 1.79. The van der Waals surface area contributed by atoms with E-state index in [1.54, 1.807) is 6.20 Å². The molecule has 13 heavy (non-hydrogen) atoms. The molecule has 0 bridgehead atoms. The second-order valence-electron chi connectivity index (χ2n) is 3.30. The van der Waals surface area contributed by atoms with Crippen LogP contribution in [0.4, 0.5) is 0 Å². The minimum absolute atomic E-state index is 0.344. The smallest absolute Gasteiger partial charge is 0.222 e. The van der Waals surface area contributed by atoms with Crippen molar-refractivity contribution in [1.82, 2.24) is 14.9 Å². The first-order valence-corrected chi connectivity index (χ1v) is 4.92. The molecule has 0 saturated carbocycles. The highest BCUT2D eigenvalue weighted by Crippen LogP contribution is 2.11. The summed E-state index contributed by atoms with van der Waals surface area (Å²) in [5, 5.41) is 0.344. The molecule has 1 fully saturated rings. The van der Waals surface area contributed by atoms with Gasteiger partial charge in [0.25, 0.3) is 0 Å². The lowest BCUT2D eigenvalue weighted by Gasteiger charge is -2.13. The van der Waals surface area contributed by atoms with E-state index in [-0.39, 0.29) is 0 Å². The van der Waals surface area contributed by atoms with Gasteiger partial charge >= 0.3 is 0 Å². The molecule has 1 aliphatic heterocycles. The molecule has 2 heterocycles. The summed E-state index contributed by atoms with van der Waals surface area (Å²) in [6.45, 7) is 3.27. The van der Waals surface area contributed by atoms with Crippen molar-refractivity contribution in [3.05, 3.63) is 23.2 Å². The number of halogens is 1. The molecule has 0 radical (unpaired) electrons. The van der Waals surface area contributed by atoms with Crippen LogP contribution in [0.15, 0.2) is 12.3 Å². The molecule has 0 amide bonds. The standard InChI is InChI=1S/C9H12ClN3/c10-9-11-4-3-8(12-9)7-13-5-1-2-6-13/h3-4H,1-2,5-7H2. The Kier molecular flexibility index (Phi) is 2.76. The average molecular weight is 198 g/mol. The van der Waals surface area contributed by atoms with Crippen molar-refractivity contribution >= 4 is 11.6 Å². The molecule has 1 aromatic heterocycles. The van der Waals surface area contributed by atoms with E-state index in [0.717, 1.165) is 12.2 Å². The highest BCUT2D eigenvalue weighted by atomic mass is 35.5. The van der Waals surface area contributed by atoms with Gasteiger partial charge < -0.3 is 0 Å². The Morgan fingerprint density at radius 3 is 2.85 bits per heavy atom. The average Bonchev–Trinajstić information content (AvgIpc) is 2.57. The minimum Gasteiger partial charge on any atom is -0.298 e. The van der Waals surface area contributed by atoms with Gasteiger partial charge in [0, 0.05) is 12.7 Å². The summed E-state index contributed by atoms with van der Waals surface area (Å²) >= 11 is 5.69. The zero-order valence-electron chi connectivity index (χ0n) is 7.41. The molecule has 2 rings (SSSR count). The van der Waals surface area contributed by atoms with Crippen molar-refractivity contribution in [2.45, 2.75) is 19.4 Å². The third kappa shape index (κ3) is 2.39. The minimum atomic E-state index is 0.344. The zero-order valence-corrected chi connectivity index (χ0v) is 8.17. The highest BCUT2D eigenvalue weighted by molar-refractivity contribution is 6.28. The van der Waals surface area contributed by atoms with Crippen molar-refractivity contribution < 1.29 is 0 Å². The van der Waals surface area contributed by atoms with Gasteiger partial charge in [-0.2, -0.15) is 0 Å². The number of rotatable bonds is 2. The van der Waals surface area contributed by atoms with E-state index in [9.17, 15) is 0 Å². The molecule has 0 spiro atoms. The van der Waals surface area contributed by atoms with Gasteiger partial charge in [0.2, 0.25) is 5.28 Å². The van der Waals surface area contributed by atoms with E-state index in [4.69, 9.17) is 11.6 Å². The van der Waals surface area contributed by atoms with Crippen LogP contribution in [0.1, 0.15) is 18.5 Å². The van der Waals surface area contributed by atoms with E-state index >= 15 is 0 Å². The lowest BCUT2D eigenvalue weighted by molar-refractivity contribution is 0.327. The van der Waals surface area contributed by atoms with E-state index in [1.807, 2.05) is 6.07 Å². The van der Waals surface area contributed by atoms with Crippen LogP contribution >= 0.6 is 11.6 Å². The Bertz CT molecular complexity index is 284. The Balaban J connectivity index is 2.00. The third-order valence-corrected chi connectivity index (χ3v) is 2.45. The molecule has 0 N–H and O–H groups in total. The van der Waals surface area contributed by atoms with E-state index in [1.165, 1.54) is 25.9 Å². The normalized spacial score (nSPS) is 17.9. The molecular weight excluding hydrogens is 186 g/mol. The van der Waals surface area contributed by atoms with Crippen LogP contribution < -0.4 is 0 Å². The van der Waals surface area contributed by atoms with E-state index < -0.39 is 0 Å². The van der Waals surface area contributed by atoms with Crippen LogP contribution in [0.3, 0.4) is 0 Å². The Morgan fingerprint density at radius 1 is 1.38 bits per heavy atom. The highest BCUT2D eigenvalue weighted by Gasteiger charge is 2.12. The van der Waals surface area contributed by atoms with Crippen LogP contribution in [0.5, 0.6) is 0 Å². The van der Waals surface area contributed by atoms with Crippen LogP contribution in [0, 0.1) is 0 Å². The van der Waals surface area contributed by atoms with Crippen LogP contribution in [-0.2, 0) is 6.54 Å². The van der Waals surface area contributed by atoms with Crippen LogP contribution in [-0.4, -0.2) is 28.0 Å². The number of hydrogen-bond acceptors (Lipinski definition) is 3. The summed E-state index contributed by atoms with van der Waals surface area (Å²) in [6.07, 6.45) is 4.32. The second kappa shape index (κ2) is 4.03. The van der Waals surface area contributed by atoms with Gasteiger partial charge in [-0.05, 0) is 43.6 Å². The predicted molar refractivity (Wildman–Crippen MR) is 51.6 cm³/mol. The van der Waals surface area contributed by atoms with Gasteiger partial charge in [-0.15, -0.1) is 0 Å². The monoisotopic (exact) mass is 197 g/mol. The van der Waals surface area contributed by atoms with Crippen LogP contribution in [0.2, 0.25) is 5.28 Å². The van der Waals surface area contributed by atoms with Crippen molar-refractivity contribution in [1.29, 1.82) is 0 Å². The Morgan fingerprint density at radius 2 is 2.15 bits per heavy atom. The molecule has 1 aromatic rings. The SMILES string of the molecule is Clc1nccc(CN2CCCC2)n1. The summed E-state index contributed by atoms with van der Waals surface area (Å²) in [7, 11) is 0. The first-order chi connectivity index (χ1) is 6.34. The summed E-state index contributed by atoms with van der Waals surface area (Å²) in [5.74, 6) is 0. The quantitative estimate of drug-likeness (QED) is 0.677. The number of hydrogen-bond donors (Lipinski definition) is 0. The van der Waals surface area contributed by atoms with Gasteiger partial charge in [0.05, 0.1) is 5.69 Å². The lowest BCUT2D eigenvalue weighted by atomic mass is 10.4. The maximum absolute atomic E-state index is 5.69. The lowest BCUT2D eigenvalue weighted by Crippen LogP contribution is -2.19. The first kappa shape index (κ1) is 8.91. The maximum atomic E-state index is 5.69. The molecule has 0 aromatic carbocycles. The van der Waals surface area contributed by atoms with E-state index in [2.05, 4.69) is 14.9 Å². The molecule has 0 unspecified atom stereocenters. The third-order valence-electron chi connectivity index (χ3n) is 2.27. The van der Waals surface area contributed by atoms with Gasteiger partial charge in [-0.25, -0.2) is 9.97 Å². The van der Waals surface area contributed by atoms with Gasteiger partial charge in [0.1, 0.15) is 0 Å². The van der Waals surface area contributed by atoms with Gasteiger partial charge in [-0.3, -0.25) is 4.90 Å². The van der Waals surface area contributed by atoms with Crippen molar-refractivity contribution in [3.63, 3.8) is 0 Å². The second-order valence-corrected chi connectivity index (χ2v) is 3.64. The predicted octanol–water partition coefficient (Wildman–Crippen LogP) is 1.73. The van der Waals surface area contributed by atoms with Crippen LogP contribution in [0.25, 0.3) is 0 Å². The molecule has 70 valence electrons. The molecule has 0 aliphatic carbocycles. The molecule has 3 nitrogen and oxygen atoms in total. The topological polar surface area (TPSA) is 29.0 Å². The van der Waals surface area contributed by atoms with Crippen molar-refractivity contribution in [3.8, 4) is 0 Å². The summed E-state index contributed by atoms with van der Waals surface area (Å²) < 4.78 is 0. The number of likely N-dealkylation sites (tertiary alicyclic amines) is 1. The van der Waals surface area contributed by atoms with E-state index in [0.29, 0.717) is 5.28 Å². The zero-order chi connectivity index (χ0) is 9.10. The fraction of sp³-hybridized carbons (Fsp3) is 0.556. The fourth-order valence-electron chi connectivity index (χ4n) is 1.63. The Labute approximate surface area is 82.8 Å². The summed E-state index contributed by atoms with van der Waals surface area (Å²) in [6, 6.07) is 1.92. The number of nitrogens with zero attached hydrogens (tertiary/aromatic N) is 3. The molecule has 1 aliphatic rings. The summed E-state index contributed by atoms with van der Waals surface area (Å²) in [4.78, 5) is 10.4. The largest absolute Gasteiger partial charge is 0.298 e. The first-order valence-electron chi connectivity index (χ1n) is 4.54. The summed E-state index contributed by atoms with van der Waals surface area (Å²) in [5.41, 5.74) is 1.02. The van der Waals surface area contributed by atoms with Gasteiger partial charge in [-0.1, -0.05) is 0 Å². The van der Waals surface area contributed by atoms with Crippen molar-refractivity contribution in [2.75, 3.05) is 13.1 Å². The maximum Gasteiger partial charge on any atom is 0.222 e. The van der Waals surface area contributed by atoms with Crippen molar-refractivity contribution in [2.24, 2.45) is 0 Å².